The molecule has 1 amide bonds. The van der Waals surface area contributed by atoms with E-state index in [1.165, 1.54) is 11.3 Å². The van der Waals surface area contributed by atoms with Gasteiger partial charge in [0.05, 0.1) is 16.9 Å². The fraction of sp³-hybridized carbons (Fsp3) is 0.304. The van der Waals surface area contributed by atoms with E-state index in [-0.39, 0.29) is 11.9 Å². The van der Waals surface area contributed by atoms with Gasteiger partial charge in [0.25, 0.3) is 10.0 Å². The second-order valence-corrected chi connectivity index (χ2v) is 12.4. The van der Waals surface area contributed by atoms with Crippen LogP contribution in [-0.4, -0.2) is 48.3 Å². The van der Waals surface area contributed by atoms with Gasteiger partial charge in [-0.2, -0.15) is 0 Å². The number of carbonyl (C=O) groups excluding carboxylic acids is 1. The molecule has 4 heterocycles. The molecule has 3 N–H and O–H groups in total. The lowest BCUT2D eigenvalue weighted by Gasteiger charge is -2.14. The Balaban J connectivity index is 1.34. The predicted octanol–water partition coefficient (Wildman–Crippen LogP) is 4.17. The highest BCUT2D eigenvalue weighted by Crippen LogP contribution is 2.33. The van der Waals surface area contributed by atoms with E-state index >= 15 is 0 Å². The molecule has 0 spiro atoms. The number of thiazole rings is 1. The van der Waals surface area contributed by atoms with Gasteiger partial charge in [0.1, 0.15) is 9.22 Å². The van der Waals surface area contributed by atoms with Crippen LogP contribution in [0.3, 0.4) is 0 Å². The van der Waals surface area contributed by atoms with E-state index in [4.69, 9.17) is 0 Å². The number of likely N-dealkylation sites (tertiary alicyclic amines) is 1. The van der Waals surface area contributed by atoms with Crippen molar-refractivity contribution in [2.75, 3.05) is 17.8 Å². The number of amides is 1. The van der Waals surface area contributed by atoms with E-state index in [1.807, 2.05) is 24.4 Å². The first-order valence-electron chi connectivity index (χ1n) is 10.9. The lowest BCUT2D eigenvalue weighted by molar-refractivity contribution is -0.119. The van der Waals surface area contributed by atoms with Crippen LogP contribution >= 0.6 is 22.7 Å². The average Bonchev–Trinajstić information content (AvgIpc) is 3.54. The van der Waals surface area contributed by atoms with Crippen LogP contribution in [0.1, 0.15) is 23.8 Å². The quantitative estimate of drug-likeness (QED) is 0.342. The van der Waals surface area contributed by atoms with E-state index in [0.29, 0.717) is 9.90 Å². The third kappa shape index (κ3) is 4.74. The summed E-state index contributed by atoms with van der Waals surface area (Å²) in [7, 11) is -3.67. The molecule has 178 valence electrons. The number of aromatic amines is 1. The summed E-state index contributed by atoms with van der Waals surface area (Å²) in [6, 6.07) is 9.55. The molecule has 1 aliphatic heterocycles. The first kappa shape index (κ1) is 23.0. The number of anilines is 1. The van der Waals surface area contributed by atoms with Gasteiger partial charge in [0.15, 0.2) is 0 Å². The zero-order chi connectivity index (χ0) is 23.9. The van der Waals surface area contributed by atoms with Crippen molar-refractivity contribution in [3.63, 3.8) is 0 Å². The maximum absolute atomic E-state index is 12.9. The van der Waals surface area contributed by atoms with Gasteiger partial charge in [-0.3, -0.25) is 14.4 Å². The SMILES string of the molecule is CC(=O)N[C@H]1CCN(Cc2cnc(-c3cc4cccc(NS(=O)(=O)c5sccc5C)c4[nH]3)s2)C1. The van der Waals surface area contributed by atoms with E-state index in [0.717, 1.165) is 58.1 Å². The second kappa shape index (κ2) is 9.14. The number of aryl methyl sites for hydroxylation is 1. The van der Waals surface area contributed by atoms with Crippen molar-refractivity contribution < 1.29 is 13.2 Å². The Morgan fingerprint density at radius 3 is 2.94 bits per heavy atom. The second-order valence-electron chi connectivity index (χ2n) is 8.50. The zero-order valence-electron chi connectivity index (χ0n) is 18.8. The summed E-state index contributed by atoms with van der Waals surface area (Å²) < 4.78 is 28.9. The number of sulfonamides is 1. The van der Waals surface area contributed by atoms with Crippen LogP contribution < -0.4 is 10.0 Å². The fourth-order valence-electron chi connectivity index (χ4n) is 4.29. The Hall–Kier alpha value is -2.73. The number of hydrogen-bond acceptors (Lipinski definition) is 7. The molecule has 5 rings (SSSR count). The Labute approximate surface area is 206 Å². The molecule has 1 atom stereocenters. The normalized spacial score (nSPS) is 16.8. The van der Waals surface area contributed by atoms with Crippen molar-refractivity contribution in [3.05, 3.63) is 52.3 Å². The summed E-state index contributed by atoms with van der Waals surface area (Å²) in [5.41, 5.74) is 2.82. The van der Waals surface area contributed by atoms with Gasteiger partial charge in [-0.05, 0) is 42.5 Å². The summed E-state index contributed by atoms with van der Waals surface area (Å²) >= 11 is 2.82. The molecule has 4 aromatic rings. The molecule has 8 nitrogen and oxygen atoms in total. The lowest BCUT2D eigenvalue weighted by atomic mass is 10.2. The topological polar surface area (TPSA) is 107 Å². The van der Waals surface area contributed by atoms with Crippen LogP contribution in [-0.2, 0) is 21.4 Å². The van der Waals surface area contributed by atoms with E-state index < -0.39 is 10.0 Å². The summed E-state index contributed by atoms with van der Waals surface area (Å²) in [6.45, 7) is 5.92. The molecule has 0 bridgehead atoms. The number of fused-ring (bicyclic) bond motifs is 1. The molecule has 11 heteroatoms. The molecule has 0 unspecified atom stereocenters. The molecule has 1 aromatic carbocycles. The van der Waals surface area contributed by atoms with Crippen LogP contribution in [0.2, 0.25) is 0 Å². The van der Waals surface area contributed by atoms with E-state index in [1.54, 1.807) is 42.7 Å². The number of benzene rings is 1. The van der Waals surface area contributed by atoms with Gasteiger partial charge < -0.3 is 10.3 Å². The van der Waals surface area contributed by atoms with Crippen LogP contribution in [0.4, 0.5) is 5.69 Å². The number of carbonyl (C=O) groups is 1. The first-order valence-corrected chi connectivity index (χ1v) is 14.1. The standard InChI is InChI=1S/C23H25N5O3S3/c1-14-7-9-32-23(14)34(30,31)27-19-5-3-4-16-10-20(26-21(16)19)22-24-11-18(33-22)13-28-8-6-17(12-28)25-15(2)29/h3-5,7,9-11,17,26-27H,6,8,12-13H2,1-2H3,(H,25,29)/t17-/m0/s1. The molecule has 1 saturated heterocycles. The Morgan fingerprint density at radius 1 is 1.32 bits per heavy atom. The number of rotatable bonds is 7. The van der Waals surface area contributed by atoms with Gasteiger partial charge in [-0.15, -0.1) is 22.7 Å². The molecule has 1 fully saturated rings. The number of nitrogens with zero attached hydrogens (tertiary/aromatic N) is 2. The lowest BCUT2D eigenvalue weighted by Crippen LogP contribution is -2.35. The van der Waals surface area contributed by atoms with Gasteiger partial charge in [0, 0.05) is 49.1 Å². The maximum atomic E-state index is 12.9. The maximum Gasteiger partial charge on any atom is 0.271 e. The minimum atomic E-state index is -3.67. The summed E-state index contributed by atoms with van der Waals surface area (Å²) in [5.74, 6) is 0.0120. The Bertz CT molecular complexity index is 1450. The minimum absolute atomic E-state index is 0.0120. The van der Waals surface area contributed by atoms with Crippen LogP contribution in [0, 0.1) is 6.92 Å². The van der Waals surface area contributed by atoms with E-state index in [2.05, 4.69) is 24.9 Å². The molecular formula is C23H25N5O3S3. The van der Waals surface area contributed by atoms with E-state index in [9.17, 15) is 13.2 Å². The van der Waals surface area contributed by atoms with Gasteiger partial charge >= 0.3 is 0 Å². The Kier molecular flexibility index (Phi) is 6.19. The highest BCUT2D eigenvalue weighted by molar-refractivity contribution is 7.94. The van der Waals surface area contributed by atoms with Crippen LogP contribution in [0.15, 0.2) is 46.1 Å². The number of nitrogens with one attached hydrogen (secondary N) is 3. The van der Waals surface area contributed by atoms with Crippen molar-refractivity contribution in [1.82, 2.24) is 20.2 Å². The molecule has 1 aliphatic rings. The monoisotopic (exact) mass is 515 g/mol. The fourth-order valence-corrected chi connectivity index (χ4v) is 7.71. The summed E-state index contributed by atoms with van der Waals surface area (Å²) in [4.78, 5) is 22.7. The van der Waals surface area contributed by atoms with Crippen LogP contribution in [0.25, 0.3) is 21.6 Å². The van der Waals surface area contributed by atoms with Crippen molar-refractivity contribution in [3.8, 4) is 10.7 Å². The third-order valence-electron chi connectivity index (χ3n) is 5.80. The highest BCUT2D eigenvalue weighted by Gasteiger charge is 2.24. The van der Waals surface area contributed by atoms with Crippen molar-refractivity contribution in [2.24, 2.45) is 0 Å². The number of H-pyrrole nitrogens is 1. The largest absolute Gasteiger partial charge is 0.352 e. The predicted molar refractivity (Wildman–Crippen MR) is 137 cm³/mol. The van der Waals surface area contributed by atoms with Crippen molar-refractivity contribution in [1.29, 1.82) is 0 Å². The molecule has 34 heavy (non-hydrogen) atoms. The molecule has 0 saturated carbocycles. The molecule has 0 aliphatic carbocycles. The van der Waals surface area contributed by atoms with Crippen molar-refractivity contribution >= 4 is 55.2 Å². The average molecular weight is 516 g/mol. The minimum Gasteiger partial charge on any atom is -0.352 e. The molecule has 0 radical (unpaired) electrons. The smallest absolute Gasteiger partial charge is 0.271 e. The number of hydrogen-bond donors (Lipinski definition) is 3. The highest BCUT2D eigenvalue weighted by atomic mass is 32.2. The summed E-state index contributed by atoms with van der Waals surface area (Å²) in [5, 5.41) is 6.53. The summed E-state index contributed by atoms with van der Waals surface area (Å²) in [6.07, 6.45) is 2.84. The number of para-hydroxylation sites is 1. The van der Waals surface area contributed by atoms with Crippen molar-refractivity contribution in [2.45, 2.75) is 37.1 Å². The molecular weight excluding hydrogens is 490 g/mol. The number of aromatic nitrogens is 2. The molecule has 3 aromatic heterocycles. The van der Waals surface area contributed by atoms with Crippen LogP contribution in [0.5, 0.6) is 0 Å². The van der Waals surface area contributed by atoms with Gasteiger partial charge in [-0.1, -0.05) is 12.1 Å². The first-order chi connectivity index (χ1) is 16.3. The third-order valence-corrected chi connectivity index (χ3v) is 9.87. The number of thiophene rings is 1. The van der Waals surface area contributed by atoms with Gasteiger partial charge in [0.2, 0.25) is 5.91 Å². The Morgan fingerprint density at radius 2 is 2.18 bits per heavy atom. The van der Waals surface area contributed by atoms with Gasteiger partial charge in [-0.25, -0.2) is 13.4 Å². The zero-order valence-corrected chi connectivity index (χ0v) is 21.2.